The minimum atomic E-state index is 0.515. The van der Waals surface area contributed by atoms with Crippen molar-refractivity contribution in [3.05, 3.63) is 42.4 Å². The monoisotopic (exact) mass is 273 g/mol. The van der Waals surface area contributed by atoms with Gasteiger partial charge in [-0.05, 0) is 17.7 Å². The Bertz CT molecular complexity index is 705. The predicted molar refractivity (Wildman–Crippen MR) is 75.6 cm³/mol. The van der Waals surface area contributed by atoms with E-state index in [0.29, 0.717) is 5.88 Å². The molecule has 0 amide bonds. The summed E-state index contributed by atoms with van der Waals surface area (Å²) in [6.45, 7) is 0. The molecule has 0 unspecified atom stereocenters. The van der Waals surface area contributed by atoms with Crippen molar-refractivity contribution in [2.75, 3.05) is 5.32 Å². The van der Waals surface area contributed by atoms with Gasteiger partial charge in [-0.1, -0.05) is 12.1 Å². The summed E-state index contributed by atoms with van der Waals surface area (Å²) in [5.74, 6) is 1.26. The van der Waals surface area contributed by atoms with Gasteiger partial charge < -0.3 is 5.32 Å². The number of anilines is 2. The first-order chi connectivity index (χ1) is 9.28. The standard InChI is InChI=1S/C13H12ClN5/c1-19-13-11(7-17-19)12(15-8-16-13)18-10-4-2-9(6-14)3-5-10/h2-5,7-8H,6H2,1H3,(H,15,16,18). The number of benzene rings is 1. The van der Waals surface area contributed by atoms with Crippen LogP contribution in [-0.2, 0) is 12.9 Å². The summed E-state index contributed by atoms with van der Waals surface area (Å²) in [7, 11) is 1.86. The van der Waals surface area contributed by atoms with Crippen molar-refractivity contribution < 1.29 is 0 Å². The summed E-state index contributed by atoms with van der Waals surface area (Å²) >= 11 is 5.77. The molecular formula is C13H12ClN5. The van der Waals surface area contributed by atoms with E-state index in [4.69, 9.17) is 11.6 Å². The van der Waals surface area contributed by atoms with E-state index in [0.717, 1.165) is 28.1 Å². The van der Waals surface area contributed by atoms with Gasteiger partial charge in [-0.3, -0.25) is 4.68 Å². The molecule has 19 heavy (non-hydrogen) atoms. The highest BCUT2D eigenvalue weighted by molar-refractivity contribution is 6.17. The fraction of sp³-hybridized carbons (Fsp3) is 0.154. The van der Waals surface area contributed by atoms with Crippen molar-refractivity contribution in [2.45, 2.75) is 5.88 Å². The number of aromatic nitrogens is 4. The zero-order valence-corrected chi connectivity index (χ0v) is 11.1. The Morgan fingerprint density at radius 3 is 2.74 bits per heavy atom. The number of nitrogens with zero attached hydrogens (tertiary/aromatic N) is 4. The van der Waals surface area contributed by atoms with Crippen molar-refractivity contribution in [3.63, 3.8) is 0 Å². The van der Waals surface area contributed by atoms with Crippen molar-refractivity contribution in [2.24, 2.45) is 7.05 Å². The highest BCUT2D eigenvalue weighted by atomic mass is 35.5. The number of hydrogen-bond donors (Lipinski definition) is 1. The van der Waals surface area contributed by atoms with Gasteiger partial charge in [-0.2, -0.15) is 5.10 Å². The third kappa shape index (κ3) is 2.24. The molecule has 6 heteroatoms. The molecule has 0 aliphatic heterocycles. The first-order valence-corrected chi connectivity index (χ1v) is 6.36. The third-order valence-electron chi connectivity index (χ3n) is 2.90. The molecule has 0 saturated heterocycles. The molecule has 3 aromatic rings. The molecule has 2 heterocycles. The van der Waals surface area contributed by atoms with Gasteiger partial charge in [0.05, 0.1) is 11.6 Å². The lowest BCUT2D eigenvalue weighted by atomic mass is 10.2. The number of nitrogens with one attached hydrogen (secondary N) is 1. The second-order valence-corrected chi connectivity index (χ2v) is 4.45. The molecule has 0 atom stereocenters. The van der Waals surface area contributed by atoms with Crippen LogP contribution < -0.4 is 5.32 Å². The lowest BCUT2D eigenvalue weighted by Crippen LogP contribution is -1.97. The van der Waals surface area contributed by atoms with Gasteiger partial charge in [0.2, 0.25) is 0 Å². The minimum Gasteiger partial charge on any atom is -0.340 e. The summed E-state index contributed by atoms with van der Waals surface area (Å²) in [5.41, 5.74) is 2.84. The van der Waals surface area contributed by atoms with Gasteiger partial charge in [-0.25, -0.2) is 9.97 Å². The van der Waals surface area contributed by atoms with Crippen molar-refractivity contribution in [1.82, 2.24) is 19.7 Å². The van der Waals surface area contributed by atoms with E-state index in [9.17, 15) is 0 Å². The zero-order chi connectivity index (χ0) is 13.2. The van der Waals surface area contributed by atoms with E-state index in [1.165, 1.54) is 6.33 Å². The first-order valence-electron chi connectivity index (χ1n) is 5.82. The largest absolute Gasteiger partial charge is 0.340 e. The maximum atomic E-state index is 5.77. The van der Waals surface area contributed by atoms with Crippen LogP contribution in [0, 0.1) is 0 Å². The summed E-state index contributed by atoms with van der Waals surface area (Å²) in [6, 6.07) is 7.91. The van der Waals surface area contributed by atoms with E-state index in [1.807, 2.05) is 31.3 Å². The van der Waals surface area contributed by atoms with E-state index < -0.39 is 0 Å². The SMILES string of the molecule is Cn1ncc2c(Nc3ccc(CCl)cc3)ncnc21. The molecular weight excluding hydrogens is 262 g/mol. The summed E-state index contributed by atoms with van der Waals surface area (Å²) in [6.07, 6.45) is 3.28. The fourth-order valence-electron chi connectivity index (χ4n) is 1.88. The van der Waals surface area contributed by atoms with E-state index in [1.54, 1.807) is 10.9 Å². The Morgan fingerprint density at radius 2 is 2.00 bits per heavy atom. The predicted octanol–water partition coefficient (Wildman–Crippen LogP) is 2.85. The second kappa shape index (κ2) is 4.85. The van der Waals surface area contributed by atoms with Crippen LogP contribution >= 0.6 is 11.6 Å². The van der Waals surface area contributed by atoms with Gasteiger partial charge in [0.25, 0.3) is 0 Å². The normalized spacial score (nSPS) is 10.8. The van der Waals surface area contributed by atoms with Crippen LogP contribution in [-0.4, -0.2) is 19.7 Å². The van der Waals surface area contributed by atoms with Crippen LogP contribution in [0.2, 0.25) is 0 Å². The lowest BCUT2D eigenvalue weighted by Gasteiger charge is -2.06. The molecule has 5 nitrogen and oxygen atoms in total. The summed E-state index contributed by atoms with van der Waals surface area (Å²) < 4.78 is 1.72. The number of hydrogen-bond acceptors (Lipinski definition) is 4. The van der Waals surface area contributed by atoms with Crippen molar-refractivity contribution in [3.8, 4) is 0 Å². The average molecular weight is 274 g/mol. The molecule has 2 aromatic heterocycles. The molecule has 1 aromatic carbocycles. The lowest BCUT2D eigenvalue weighted by molar-refractivity contribution is 0.785. The molecule has 0 aliphatic rings. The Kier molecular flexibility index (Phi) is 3.05. The smallest absolute Gasteiger partial charge is 0.163 e. The maximum Gasteiger partial charge on any atom is 0.163 e. The topological polar surface area (TPSA) is 55.6 Å². The van der Waals surface area contributed by atoms with Crippen molar-refractivity contribution in [1.29, 1.82) is 0 Å². The Labute approximate surface area is 115 Å². The quantitative estimate of drug-likeness (QED) is 0.746. The van der Waals surface area contributed by atoms with Crippen LogP contribution in [0.15, 0.2) is 36.8 Å². The molecule has 0 saturated carbocycles. The van der Waals surface area contributed by atoms with Crippen LogP contribution in [0.1, 0.15) is 5.56 Å². The Balaban J connectivity index is 1.96. The summed E-state index contributed by atoms with van der Waals surface area (Å²) in [4.78, 5) is 8.46. The molecule has 0 bridgehead atoms. The molecule has 3 rings (SSSR count). The third-order valence-corrected chi connectivity index (χ3v) is 3.21. The molecule has 0 fully saturated rings. The average Bonchev–Trinajstić information content (AvgIpc) is 2.83. The Hall–Kier alpha value is -2.14. The zero-order valence-electron chi connectivity index (χ0n) is 10.3. The van der Waals surface area contributed by atoms with Crippen molar-refractivity contribution >= 4 is 34.1 Å². The highest BCUT2D eigenvalue weighted by Crippen LogP contribution is 2.22. The van der Waals surface area contributed by atoms with E-state index in [-0.39, 0.29) is 0 Å². The van der Waals surface area contributed by atoms with Gasteiger partial charge in [0.15, 0.2) is 5.65 Å². The number of alkyl halides is 1. The number of halogens is 1. The Morgan fingerprint density at radius 1 is 1.21 bits per heavy atom. The molecule has 1 N–H and O–H groups in total. The van der Waals surface area contributed by atoms with Crippen LogP contribution in [0.4, 0.5) is 11.5 Å². The molecule has 0 aliphatic carbocycles. The van der Waals surface area contributed by atoms with Crippen LogP contribution in [0.3, 0.4) is 0 Å². The maximum absolute atomic E-state index is 5.77. The van der Waals surface area contributed by atoms with E-state index >= 15 is 0 Å². The molecule has 0 radical (unpaired) electrons. The van der Waals surface area contributed by atoms with Gasteiger partial charge in [0.1, 0.15) is 12.1 Å². The first kappa shape index (κ1) is 11.9. The minimum absolute atomic E-state index is 0.515. The van der Waals surface area contributed by atoms with Gasteiger partial charge in [-0.15, -0.1) is 11.6 Å². The number of rotatable bonds is 3. The second-order valence-electron chi connectivity index (χ2n) is 4.18. The van der Waals surface area contributed by atoms with Crippen LogP contribution in [0.25, 0.3) is 11.0 Å². The summed E-state index contributed by atoms with van der Waals surface area (Å²) in [5, 5.41) is 8.34. The molecule has 0 spiro atoms. The van der Waals surface area contributed by atoms with Crippen LogP contribution in [0.5, 0.6) is 0 Å². The van der Waals surface area contributed by atoms with Gasteiger partial charge in [0, 0.05) is 18.6 Å². The fourth-order valence-corrected chi connectivity index (χ4v) is 2.05. The van der Waals surface area contributed by atoms with E-state index in [2.05, 4.69) is 20.4 Å². The number of aryl methyl sites for hydroxylation is 1. The number of fused-ring (bicyclic) bond motifs is 1. The van der Waals surface area contributed by atoms with Gasteiger partial charge >= 0.3 is 0 Å². The highest BCUT2D eigenvalue weighted by Gasteiger charge is 2.07. The molecule has 96 valence electrons.